The van der Waals surface area contributed by atoms with E-state index in [1.165, 1.54) is 6.42 Å². The lowest BCUT2D eigenvalue weighted by Gasteiger charge is -2.30. The quantitative estimate of drug-likeness (QED) is 0.769. The van der Waals surface area contributed by atoms with Gasteiger partial charge in [-0.25, -0.2) is 0 Å². The minimum atomic E-state index is -0.677. The zero-order valence-corrected chi connectivity index (χ0v) is 10.5. The van der Waals surface area contributed by atoms with E-state index in [1.54, 1.807) is 0 Å². The third kappa shape index (κ3) is 4.49. The van der Waals surface area contributed by atoms with Crippen LogP contribution in [0.5, 0.6) is 0 Å². The SMILES string of the molecule is CCCN1CCCN(C)CC1CCC(=O)O. The predicted octanol–water partition coefficient (Wildman–Crippen LogP) is 1.27. The molecule has 1 fully saturated rings. The van der Waals surface area contributed by atoms with Crippen LogP contribution in [0, 0.1) is 0 Å². The summed E-state index contributed by atoms with van der Waals surface area (Å²) in [7, 11) is 2.13. The molecule has 0 radical (unpaired) electrons. The molecule has 1 heterocycles. The highest BCUT2D eigenvalue weighted by atomic mass is 16.4. The van der Waals surface area contributed by atoms with E-state index in [9.17, 15) is 4.79 Å². The van der Waals surface area contributed by atoms with Crippen molar-refractivity contribution in [3.8, 4) is 0 Å². The summed E-state index contributed by atoms with van der Waals surface area (Å²) in [6, 6.07) is 0.420. The van der Waals surface area contributed by atoms with Gasteiger partial charge >= 0.3 is 5.97 Å². The second-order valence-corrected chi connectivity index (χ2v) is 4.74. The van der Waals surface area contributed by atoms with Crippen LogP contribution >= 0.6 is 0 Å². The van der Waals surface area contributed by atoms with E-state index in [0.29, 0.717) is 12.5 Å². The summed E-state index contributed by atoms with van der Waals surface area (Å²) in [6.07, 6.45) is 3.41. The first-order valence-corrected chi connectivity index (χ1v) is 6.28. The first-order valence-electron chi connectivity index (χ1n) is 6.28. The van der Waals surface area contributed by atoms with Crippen LogP contribution in [0.3, 0.4) is 0 Å². The molecule has 0 aromatic rings. The van der Waals surface area contributed by atoms with E-state index in [4.69, 9.17) is 5.11 Å². The van der Waals surface area contributed by atoms with Crippen LogP contribution in [-0.2, 0) is 4.79 Å². The van der Waals surface area contributed by atoms with E-state index in [1.807, 2.05) is 0 Å². The van der Waals surface area contributed by atoms with Crippen molar-refractivity contribution in [1.29, 1.82) is 0 Å². The van der Waals surface area contributed by atoms with Crippen molar-refractivity contribution >= 4 is 5.97 Å². The second kappa shape index (κ2) is 6.86. The number of hydrogen-bond acceptors (Lipinski definition) is 3. The molecule has 0 amide bonds. The van der Waals surface area contributed by atoms with Gasteiger partial charge in [-0.2, -0.15) is 0 Å². The highest BCUT2D eigenvalue weighted by Crippen LogP contribution is 2.14. The number of hydrogen-bond donors (Lipinski definition) is 1. The van der Waals surface area contributed by atoms with Gasteiger partial charge in [0.1, 0.15) is 0 Å². The molecule has 4 heteroatoms. The summed E-state index contributed by atoms with van der Waals surface area (Å²) < 4.78 is 0. The lowest BCUT2D eigenvalue weighted by atomic mass is 10.1. The topological polar surface area (TPSA) is 43.8 Å². The van der Waals surface area contributed by atoms with Crippen LogP contribution in [0.4, 0.5) is 0 Å². The number of carboxylic acids is 1. The molecule has 0 aliphatic carbocycles. The zero-order valence-electron chi connectivity index (χ0n) is 10.5. The molecule has 0 saturated carbocycles. The lowest BCUT2D eigenvalue weighted by molar-refractivity contribution is -0.137. The maximum atomic E-state index is 10.6. The Morgan fingerprint density at radius 2 is 2.19 bits per heavy atom. The Kier molecular flexibility index (Phi) is 5.77. The summed E-state index contributed by atoms with van der Waals surface area (Å²) in [4.78, 5) is 15.4. The van der Waals surface area contributed by atoms with Gasteiger partial charge in [-0.05, 0) is 45.9 Å². The van der Waals surface area contributed by atoms with Crippen molar-refractivity contribution in [3.63, 3.8) is 0 Å². The molecule has 0 aromatic carbocycles. The minimum Gasteiger partial charge on any atom is -0.481 e. The third-order valence-corrected chi connectivity index (χ3v) is 3.23. The monoisotopic (exact) mass is 228 g/mol. The van der Waals surface area contributed by atoms with Crippen LogP contribution < -0.4 is 0 Å². The molecule has 94 valence electrons. The largest absolute Gasteiger partial charge is 0.481 e. The normalized spacial score (nSPS) is 24.2. The standard InChI is InChI=1S/C12H24N2O2/c1-3-7-14-9-4-8-13(2)10-11(14)5-6-12(15)16/h11H,3-10H2,1-2H3,(H,15,16). The molecule has 1 aliphatic rings. The van der Waals surface area contributed by atoms with Crippen molar-refractivity contribution in [3.05, 3.63) is 0 Å². The van der Waals surface area contributed by atoms with E-state index in [-0.39, 0.29) is 0 Å². The Hall–Kier alpha value is -0.610. The van der Waals surface area contributed by atoms with Crippen molar-refractivity contribution in [2.24, 2.45) is 0 Å². The Morgan fingerprint density at radius 3 is 2.81 bits per heavy atom. The van der Waals surface area contributed by atoms with Gasteiger partial charge in [-0.1, -0.05) is 6.92 Å². The maximum absolute atomic E-state index is 10.6. The van der Waals surface area contributed by atoms with Gasteiger partial charge in [-0.15, -0.1) is 0 Å². The third-order valence-electron chi connectivity index (χ3n) is 3.23. The van der Waals surface area contributed by atoms with Gasteiger partial charge in [0.15, 0.2) is 0 Å². The van der Waals surface area contributed by atoms with Crippen molar-refractivity contribution in [1.82, 2.24) is 9.80 Å². The van der Waals surface area contributed by atoms with Crippen LogP contribution in [0.2, 0.25) is 0 Å². The van der Waals surface area contributed by atoms with E-state index in [2.05, 4.69) is 23.8 Å². The van der Waals surface area contributed by atoms with Crippen molar-refractivity contribution in [2.75, 3.05) is 33.2 Å². The number of likely N-dealkylation sites (N-methyl/N-ethyl adjacent to an activating group) is 1. The minimum absolute atomic E-state index is 0.290. The molecule has 1 N–H and O–H groups in total. The van der Waals surface area contributed by atoms with Gasteiger partial charge < -0.3 is 10.0 Å². The van der Waals surface area contributed by atoms with Gasteiger partial charge in [0.2, 0.25) is 0 Å². The van der Waals surface area contributed by atoms with Gasteiger partial charge in [-0.3, -0.25) is 9.69 Å². The average molecular weight is 228 g/mol. The fourth-order valence-electron chi connectivity index (χ4n) is 2.44. The number of rotatable bonds is 5. The highest BCUT2D eigenvalue weighted by Gasteiger charge is 2.22. The Balaban J connectivity index is 2.51. The van der Waals surface area contributed by atoms with Gasteiger partial charge in [0.25, 0.3) is 0 Å². The smallest absolute Gasteiger partial charge is 0.303 e. The fourth-order valence-corrected chi connectivity index (χ4v) is 2.44. The Bertz CT molecular complexity index is 221. The summed E-state index contributed by atoms with van der Waals surface area (Å²) in [5.41, 5.74) is 0. The lowest BCUT2D eigenvalue weighted by Crippen LogP contribution is -2.40. The molecule has 0 aromatic heterocycles. The molecular weight excluding hydrogens is 204 g/mol. The van der Waals surface area contributed by atoms with E-state index >= 15 is 0 Å². The molecule has 0 spiro atoms. The maximum Gasteiger partial charge on any atom is 0.303 e. The second-order valence-electron chi connectivity index (χ2n) is 4.74. The summed E-state index contributed by atoms with van der Waals surface area (Å²) in [5.74, 6) is -0.677. The molecule has 1 unspecified atom stereocenters. The Morgan fingerprint density at radius 1 is 1.44 bits per heavy atom. The highest BCUT2D eigenvalue weighted by molar-refractivity contribution is 5.66. The average Bonchev–Trinajstić information content (AvgIpc) is 2.38. The predicted molar refractivity (Wildman–Crippen MR) is 64.6 cm³/mol. The molecule has 0 bridgehead atoms. The molecule has 16 heavy (non-hydrogen) atoms. The summed E-state index contributed by atoms with van der Waals surface area (Å²) in [5, 5.41) is 8.76. The number of aliphatic carboxylic acids is 1. The van der Waals surface area contributed by atoms with Crippen LogP contribution in [0.25, 0.3) is 0 Å². The number of carbonyl (C=O) groups is 1. The number of nitrogens with zero attached hydrogens (tertiary/aromatic N) is 2. The van der Waals surface area contributed by atoms with Gasteiger partial charge in [0, 0.05) is 19.0 Å². The van der Waals surface area contributed by atoms with Crippen molar-refractivity contribution in [2.45, 2.75) is 38.6 Å². The van der Waals surface area contributed by atoms with Crippen molar-refractivity contribution < 1.29 is 9.90 Å². The van der Waals surface area contributed by atoms with Crippen LogP contribution in [0.1, 0.15) is 32.6 Å². The molecule has 1 atom stereocenters. The van der Waals surface area contributed by atoms with Gasteiger partial charge in [0.05, 0.1) is 0 Å². The Labute approximate surface area is 98.2 Å². The van der Waals surface area contributed by atoms with E-state index in [0.717, 1.165) is 39.0 Å². The van der Waals surface area contributed by atoms with E-state index < -0.39 is 5.97 Å². The molecule has 1 aliphatic heterocycles. The number of carboxylic acid groups (broad SMARTS) is 1. The first-order chi connectivity index (χ1) is 7.63. The molecule has 4 nitrogen and oxygen atoms in total. The molecular formula is C12H24N2O2. The zero-order chi connectivity index (χ0) is 12.0. The first kappa shape index (κ1) is 13.5. The summed E-state index contributed by atoms with van der Waals surface area (Å²) in [6.45, 7) is 6.53. The fraction of sp³-hybridized carbons (Fsp3) is 0.917. The molecule has 1 saturated heterocycles. The van der Waals surface area contributed by atoms with Crippen LogP contribution in [0.15, 0.2) is 0 Å². The van der Waals surface area contributed by atoms with Crippen LogP contribution in [-0.4, -0.2) is 60.1 Å². The molecule has 1 rings (SSSR count). The summed E-state index contributed by atoms with van der Waals surface area (Å²) >= 11 is 0.